The van der Waals surface area contributed by atoms with Crippen molar-refractivity contribution in [2.45, 2.75) is 6.54 Å². The second-order valence-corrected chi connectivity index (χ2v) is 10.1. The van der Waals surface area contributed by atoms with Crippen LogP contribution in [0.1, 0.15) is 5.56 Å². The third-order valence-electron chi connectivity index (χ3n) is 7.57. The summed E-state index contributed by atoms with van der Waals surface area (Å²) < 4.78 is 19.0. The number of imidazole rings is 1. The van der Waals surface area contributed by atoms with Crippen LogP contribution >= 0.6 is 0 Å². The zero-order valence-electron chi connectivity index (χ0n) is 21.2. The number of halogens is 1. The summed E-state index contributed by atoms with van der Waals surface area (Å²) in [6, 6.07) is 21.9. The molecule has 4 aromatic rings. The van der Waals surface area contributed by atoms with E-state index in [0.29, 0.717) is 5.52 Å². The van der Waals surface area contributed by atoms with Gasteiger partial charge in [-0.15, -0.1) is 0 Å². The lowest BCUT2D eigenvalue weighted by molar-refractivity contribution is 0.0297. The van der Waals surface area contributed by atoms with Crippen LogP contribution in [-0.2, 0) is 11.3 Å². The topological polar surface area (TPSA) is 47.6 Å². The predicted octanol–water partition coefficient (Wildman–Crippen LogP) is 4.49. The number of rotatable bonds is 7. The molecule has 6 nitrogen and oxygen atoms in total. The van der Waals surface area contributed by atoms with Gasteiger partial charge in [0, 0.05) is 64.5 Å². The molecule has 6 rings (SSSR count). The molecule has 0 aliphatic carbocycles. The molecule has 3 heterocycles. The first-order valence-corrected chi connectivity index (χ1v) is 13.3. The zero-order chi connectivity index (χ0) is 25.0. The Labute approximate surface area is 217 Å². The Hall–Kier alpha value is -3.10. The summed E-state index contributed by atoms with van der Waals surface area (Å²) in [5, 5.41) is 0. The molecule has 1 N–H and O–H groups in total. The molecule has 2 fully saturated rings. The first-order valence-electron chi connectivity index (χ1n) is 13.3. The van der Waals surface area contributed by atoms with Crippen LogP contribution in [0.3, 0.4) is 0 Å². The summed E-state index contributed by atoms with van der Waals surface area (Å²) in [5.41, 5.74) is 6.14. The summed E-state index contributed by atoms with van der Waals surface area (Å²) in [4.78, 5) is 15.6. The lowest BCUT2D eigenvalue weighted by Gasteiger charge is -2.36. The first-order chi connectivity index (χ1) is 18.2. The van der Waals surface area contributed by atoms with Gasteiger partial charge in [0.15, 0.2) is 0 Å². The highest BCUT2D eigenvalue weighted by atomic mass is 19.1. The van der Waals surface area contributed by atoms with E-state index in [4.69, 9.17) is 4.74 Å². The first kappa shape index (κ1) is 24.2. The monoisotopic (exact) mass is 499 g/mol. The minimum atomic E-state index is -0.262. The third-order valence-corrected chi connectivity index (χ3v) is 7.57. The van der Waals surface area contributed by atoms with Crippen molar-refractivity contribution in [3.05, 3.63) is 78.1 Å². The average Bonchev–Trinajstić information content (AvgIpc) is 3.37. The molecule has 1 aromatic heterocycles. The van der Waals surface area contributed by atoms with Gasteiger partial charge in [-0.2, -0.15) is 0 Å². The number of fused-ring (bicyclic) bond motifs is 1. The number of nitrogens with zero attached hydrogens (tertiary/aromatic N) is 4. The number of nitrogens with one attached hydrogen (secondary N) is 1. The lowest BCUT2D eigenvalue weighted by Crippen LogP contribution is -2.49. The van der Waals surface area contributed by atoms with Crippen molar-refractivity contribution in [2.24, 2.45) is 0 Å². The number of ether oxygens (including phenoxy) is 1. The van der Waals surface area contributed by atoms with Crippen LogP contribution < -0.4 is 0 Å². The molecule has 2 saturated heterocycles. The molecule has 7 heteroatoms. The highest BCUT2D eigenvalue weighted by Gasteiger charge is 2.18. The fourth-order valence-corrected chi connectivity index (χ4v) is 5.30. The maximum atomic E-state index is 13.6. The van der Waals surface area contributed by atoms with Gasteiger partial charge in [-0.3, -0.25) is 14.7 Å². The smallest absolute Gasteiger partial charge is 0.138 e. The maximum absolute atomic E-state index is 13.6. The largest absolute Gasteiger partial charge is 0.379 e. The van der Waals surface area contributed by atoms with Crippen LogP contribution in [0.15, 0.2) is 66.7 Å². The van der Waals surface area contributed by atoms with E-state index < -0.39 is 0 Å². The third kappa shape index (κ3) is 5.91. The van der Waals surface area contributed by atoms with E-state index in [9.17, 15) is 4.39 Å². The molecule has 3 aromatic carbocycles. The predicted molar refractivity (Wildman–Crippen MR) is 146 cm³/mol. The van der Waals surface area contributed by atoms with Crippen molar-refractivity contribution in [1.29, 1.82) is 0 Å². The van der Waals surface area contributed by atoms with Crippen molar-refractivity contribution < 1.29 is 9.13 Å². The molecule has 0 unspecified atom stereocenters. The summed E-state index contributed by atoms with van der Waals surface area (Å²) in [5.74, 6) is 0.491. The molecule has 0 bridgehead atoms. The standard InChI is InChI=1S/C30H34FN5O/c31-27-8-9-28-29(21-27)33-30(32-28)26-3-1-2-25(20-26)24-6-4-23(5-7-24)22-36-14-12-34(13-15-36)10-11-35-16-18-37-19-17-35/h1-9,20-21H,10-19,22H2,(H,32,33). The quantitative estimate of drug-likeness (QED) is 0.406. The van der Waals surface area contributed by atoms with E-state index in [1.54, 1.807) is 6.07 Å². The average molecular weight is 500 g/mol. The molecule has 192 valence electrons. The zero-order valence-corrected chi connectivity index (χ0v) is 21.2. The SMILES string of the molecule is Fc1ccc2nc(-c3cccc(-c4ccc(CN5CCN(CCN6CCOCC6)CC5)cc4)c3)[nH]c2c1. The lowest BCUT2D eigenvalue weighted by atomic mass is 10.0. The molecule has 2 aliphatic heterocycles. The van der Waals surface area contributed by atoms with E-state index in [1.807, 2.05) is 12.1 Å². The van der Waals surface area contributed by atoms with Gasteiger partial charge in [0.1, 0.15) is 11.6 Å². The van der Waals surface area contributed by atoms with Crippen LogP contribution in [0.25, 0.3) is 33.5 Å². The van der Waals surface area contributed by atoms with Crippen LogP contribution in [0, 0.1) is 5.82 Å². The van der Waals surface area contributed by atoms with Gasteiger partial charge in [-0.05, 0) is 41.0 Å². The van der Waals surface area contributed by atoms with E-state index in [1.165, 1.54) is 23.3 Å². The molecular weight excluding hydrogens is 465 g/mol. The Morgan fingerprint density at radius 3 is 2.22 bits per heavy atom. The summed E-state index contributed by atoms with van der Waals surface area (Å²) in [6.45, 7) is 11.7. The number of aromatic amines is 1. The van der Waals surface area contributed by atoms with E-state index >= 15 is 0 Å². The van der Waals surface area contributed by atoms with Gasteiger partial charge < -0.3 is 9.72 Å². The summed E-state index contributed by atoms with van der Waals surface area (Å²) in [7, 11) is 0. The van der Waals surface area contributed by atoms with Crippen LogP contribution in [0.2, 0.25) is 0 Å². The van der Waals surface area contributed by atoms with E-state index in [2.05, 4.69) is 61.1 Å². The second-order valence-electron chi connectivity index (χ2n) is 10.1. The number of H-pyrrole nitrogens is 1. The minimum absolute atomic E-state index is 0.262. The summed E-state index contributed by atoms with van der Waals surface area (Å²) >= 11 is 0. The fourth-order valence-electron chi connectivity index (χ4n) is 5.30. The number of morpholine rings is 1. The van der Waals surface area contributed by atoms with Crippen molar-refractivity contribution in [3.8, 4) is 22.5 Å². The fraction of sp³-hybridized carbons (Fsp3) is 0.367. The molecular formula is C30H34FN5O. The Morgan fingerprint density at radius 1 is 0.730 bits per heavy atom. The van der Waals surface area contributed by atoms with Gasteiger partial charge in [-0.1, -0.05) is 42.5 Å². The molecule has 0 radical (unpaired) electrons. The minimum Gasteiger partial charge on any atom is -0.379 e. The highest BCUT2D eigenvalue weighted by molar-refractivity contribution is 5.80. The molecule has 2 aliphatic rings. The second kappa shape index (κ2) is 11.1. The Kier molecular flexibility index (Phi) is 7.28. The molecule has 0 amide bonds. The number of hydrogen-bond donors (Lipinski definition) is 1. The summed E-state index contributed by atoms with van der Waals surface area (Å²) in [6.07, 6.45) is 0. The van der Waals surface area contributed by atoms with Crippen LogP contribution in [0.4, 0.5) is 4.39 Å². The number of piperazine rings is 1. The van der Waals surface area contributed by atoms with Crippen molar-refractivity contribution >= 4 is 11.0 Å². The Morgan fingerprint density at radius 2 is 1.43 bits per heavy atom. The van der Waals surface area contributed by atoms with E-state index in [0.717, 1.165) is 94.6 Å². The number of benzene rings is 3. The van der Waals surface area contributed by atoms with Gasteiger partial charge in [0.05, 0.1) is 24.2 Å². The molecule has 0 atom stereocenters. The van der Waals surface area contributed by atoms with Crippen LogP contribution in [-0.4, -0.2) is 90.2 Å². The van der Waals surface area contributed by atoms with Crippen LogP contribution in [0.5, 0.6) is 0 Å². The van der Waals surface area contributed by atoms with Crippen molar-refractivity contribution in [2.75, 3.05) is 65.6 Å². The van der Waals surface area contributed by atoms with E-state index in [-0.39, 0.29) is 5.82 Å². The Bertz CT molecular complexity index is 1320. The number of hydrogen-bond acceptors (Lipinski definition) is 5. The van der Waals surface area contributed by atoms with Crippen molar-refractivity contribution in [3.63, 3.8) is 0 Å². The highest BCUT2D eigenvalue weighted by Crippen LogP contribution is 2.27. The maximum Gasteiger partial charge on any atom is 0.138 e. The van der Waals surface area contributed by atoms with Gasteiger partial charge in [-0.25, -0.2) is 9.37 Å². The Balaban J connectivity index is 1.04. The normalized spacial score (nSPS) is 18.0. The van der Waals surface area contributed by atoms with Gasteiger partial charge in [0.2, 0.25) is 0 Å². The van der Waals surface area contributed by atoms with Gasteiger partial charge in [0.25, 0.3) is 0 Å². The molecule has 0 spiro atoms. The molecule has 0 saturated carbocycles. The number of aromatic nitrogens is 2. The van der Waals surface area contributed by atoms with Crippen molar-refractivity contribution in [1.82, 2.24) is 24.7 Å². The molecule has 37 heavy (non-hydrogen) atoms. The van der Waals surface area contributed by atoms with Gasteiger partial charge >= 0.3 is 0 Å².